The molecular formula is C11H16FNO2. The van der Waals surface area contributed by atoms with E-state index in [2.05, 4.69) is 5.32 Å². The van der Waals surface area contributed by atoms with Gasteiger partial charge in [0.2, 0.25) is 0 Å². The minimum absolute atomic E-state index is 0.0239. The molecule has 0 saturated heterocycles. The van der Waals surface area contributed by atoms with Crippen molar-refractivity contribution in [2.75, 3.05) is 13.2 Å². The third kappa shape index (κ3) is 3.95. The van der Waals surface area contributed by atoms with Gasteiger partial charge in [-0.2, -0.15) is 0 Å². The van der Waals surface area contributed by atoms with Crippen LogP contribution < -0.4 is 5.32 Å². The van der Waals surface area contributed by atoms with Gasteiger partial charge in [-0.3, -0.25) is 0 Å². The van der Waals surface area contributed by atoms with E-state index < -0.39 is 6.10 Å². The molecule has 0 spiro atoms. The van der Waals surface area contributed by atoms with E-state index in [9.17, 15) is 9.50 Å². The fourth-order valence-electron chi connectivity index (χ4n) is 1.18. The first-order chi connectivity index (χ1) is 7.13. The van der Waals surface area contributed by atoms with Gasteiger partial charge in [0.15, 0.2) is 0 Å². The van der Waals surface area contributed by atoms with Crippen LogP contribution in [0.3, 0.4) is 0 Å². The highest BCUT2D eigenvalue weighted by Gasteiger charge is 2.08. The molecule has 2 unspecified atom stereocenters. The first-order valence-electron chi connectivity index (χ1n) is 4.91. The average Bonchev–Trinajstić information content (AvgIpc) is 2.26. The summed E-state index contributed by atoms with van der Waals surface area (Å²) in [5, 5.41) is 21.4. The molecular weight excluding hydrogens is 197 g/mol. The van der Waals surface area contributed by atoms with Crippen LogP contribution in [-0.2, 0) is 0 Å². The van der Waals surface area contributed by atoms with Crippen molar-refractivity contribution >= 4 is 0 Å². The van der Waals surface area contributed by atoms with Crippen molar-refractivity contribution in [3.05, 3.63) is 35.6 Å². The molecule has 1 aromatic rings. The van der Waals surface area contributed by atoms with Crippen LogP contribution in [0.25, 0.3) is 0 Å². The van der Waals surface area contributed by atoms with Gasteiger partial charge in [-0.15, -0.1) is 0 Å². The number of benzene rings is 1. The zero-order chi connectivity index (χ0) is 11.3. The molecule has 84 valence electrons. The van der Waals surface area contributed by atoms with Crippen LogP contribution in [0, 0.1) is 5.82 Å². The SMILES string of the molecule is CC(CO)NCC(O)c1ccc(F)cc1. The molecule has 0 aliphatic carbocycles. The predicted octanol–water partition coefficient (Wildman–Crippen LogP) is 0.830. The number of hydrogen-bond acceptors (Lipinski definition) is 3. The van der Waals surface area contributed by atoms with Crippen LogP contribution in [0.4, 0.5) is 4.39 Å². The number of hydrogen-bond donors (Lipinski definition) is 3. The third-order valence-electron chi connectivity index (χ3n) is 2.19. The average molecular weight is 213 g/mol. The Kier molecular flexibility index (Phi) is 4.68. The highest BCUT2D eigenvalue weighted by Crippen LogP contribution is 2.12. The standard InChI is InChI=1S/C11H16FNO2/c1-8(7-14)13-6-11(15)9-2-4-10(12)5-3-9/h2-5,8,11,13-15H,6-7H2,1H3. The normalized spacial score (nSPS) is 14.9. The Hall–Kier alpha value is -0.970. The van der Waals surface area contributed by atoms with E-state index >= 15 is 0 Å². The number of aliphatic hydroxyl groups excluding tert-OH is 2. The van der Waals surface area contributed by atoms with Crippen LogP contribution >= 0.6 is 0 Å². The largest absolute Gasteiger partial charge is 0.395 e. The maximum atomic E-state index is 12.6. The van der Waals surface area contributed by atoms with Crippen molar-refractivity contribution in [1.29, 1.82) is 0 Å². The second-order valence-corrected chi connectivity index (χ2v) is 3.56. The Morgan fingerprint density at radius 1 is 1.33 bits per heavy atom. The summed E-state index contributed by atoms with van der Waals surface area (Å²) in [6, 6.07) is 5.67. The molecule has 1 aromatic carbocycles. The summed E-state index contributed by atoms with van der Waals surface area (Å²) in [7, 11) is 0. The van der Waals surface area contributed by atoms with Crippen LogP contribution in [0.5, 0.6) is 0 Å². The second-order valence-electron chi connectivity index (χ2n) is 3.56. The maximum Gasteiger partial charge on any atom is 0.123 e. The van der Waals surface area contributed by atoms with E-state index in [4.69, 9.17) is 5.11 Å². The van der Waals surface area contributed by atoms with E-state index in [0.29, 0.717) is 12.1 Å². The quantitative estimate of drug-likeness (QED) is 0.679. The lowest BCUT2D eigenvalue weighted by atomic mass is 10.1. The topological polar surface area (TPSA) is 52.5 Å². The van der Waals surface area contributed by atoms with Crippen molar-refractivity contribution in [3.63, 3.8) is 0 Å². The van der Waals surface area contributed by atoms with Gasteiger partial charge in [-0.25, -0.2) is 4.39 Å². The molecule has 0 amide bonds. The smallest absolute Gasteiger partial charge is 0.123 e. The van der Waals surface area contributed by atoms with E-state index in [1.165, 1.54) is 12.1 Å². The number of rotatable bonds is 5. The van der Waals surface area contributed by atoms with Gasteiger partial charge in [0.05, 0.1) is 12.7 Å². The van der Waals surface area contributed by atoms with Crippen LogP contribution in [0.15, 0.2) is 24.3 Å². The van der Waals surface area contributed by atoms with E-state index in [-0.39, 0.29) is 18.5 Å². The Morgan fingerprint density at radius 2 is 1.93 bits per heavy atom. The van der Waals surface area contributed by atoms with Crippen molar-refractivity contribution < 1.29 is 14.6 Å². The number of halogens is 1. The van der Waals surface area contributed by atoms with Gasteiger partial charge in [0.1, 0.15) is 5.82 Å². The Labute approximate surface area is 88.6 Å². The van der Waals surface area contributed by atoms with Crippen molar-refractivity contribution in [3.8, 4) is 0 Å². The molecule has 4 heteroatoms. The fraction of sp³-hybridized carbons (Fsp3) is 0.455. The minimum Gasteiger partial charge on any atom is -0.395 e. The summed E-state index contributed by atoms with van der Waals surface area (Å²) in [4.78, 5) is 0. The molecule has 15 heavy (non-hydrogen) atoms. The summed E-state index contributed by atoms with van der Waals surface area (Å²) < 4.78 is 12.6. The maximum absolute atomic E-state index is 12.6. The highest BCUT2D eigenvalue weighted by molar-refractivity contribution is 5.18. The third-order valence-corrected chi connectivity index (χ3v) is 2.19. The van der Waals surface area contributed by atoms with Crippen molar-refractivity contribution in [1.82, 2.24) is 5.32 Å². The fourth-order valence-corrected chi connectivity index (χ4v) is 1.18. The second kappa shape index (κ2) is 5.80. The van der Waals surface area contributed by atoms with Gasteiger partial charge in [-0.05, 0) is 24.6 Å². The Morgan fingerprint density at radius 3 is 2.47 bits per heavy atom. The van der Waals surface area contributed by atoms with Crippen LogP contribution in [0.1, 0.15) is 18.6 Å². The van der Waals surface area contributed by atoms with Gasteiger partial charge >= 0.3 is 0 Å². The Balaban J connectivity index is 2.46. The number of aliphatic hydroxyl groups is 2. The molecule has 1 rings (SSSR count). The van der Waals surface area contributed by atoms with Crippen LogP contribution in [0.2, 0.25) is 0 Å². The van der Waals surface area contributed by atoms with E-state index in [1.54, 1.807) is 12.1 Å². The van der Waals surface area contributed by atoms with Crippen molar-refractivity contribution in [2.24, 2.45) is 0 Å². The summed E-state index contributed by atoms with van der Waals surface area (Å²) in [5.41, 5.74) is 0.661. The number of nitrogens with one attached hydrogen (secondary N) is 1. The first kappa shape index (κ1) is 12.1. The molecule has 3 nitrogen and oxygen atoms in total. The highest BCUT2D eigenvalue weighted by atomic mass is 19.1. The predicted molar refractivity (Wildman–Crippen MR) is 55.9 cm³/mol. The lowest BCUT2D eigenvalue weighted by molar-refractivity contribution is 0.161. The monoisotopic (exact) mass is 213 g/mol. The summed E-state index contributed by atoms with van der Waals surface area (Å²) in [5.74, 6) is -0.317. The zero-order valence-electron chi connectivity index (χ0n) is 8.65. The molecule has 0 heterocycles. The molecule has 0 aliphatic rings. The van der Waals surface area contributed by atoms with E-state index in [0.717, 1.165) is 0 Å². The van der Waals surface area contributed by atoms with Gasteiger partial charge in [0.25, 0.3) is 0 Å². The summed E-state index contributed by atoms with van der Waals surface area (Å²) in [6.45, 7) is 2.18. The van der Waals surface area contributed by atoms with Gasteiger partial charge in [-0.1, -0.05) is 12.1 Å². The van der Waals surface area contributed by atoms with Gasteiger partial charge < -0.3 is 15.5 Å². The lowest BCUT2D eigenvalue weighted by Crippen LogP contribution is -2.32. The minimum atomic E-state index is -0.681. The zero-order valence-corrected chi connectivity index (χ0v) is 8.65. The summed E-state index contributed by atoms with van der Waals surface area (Å²) >= 11 is 0. The molecule has 0 fully saturated rings. The molecule has 0 aliphatic heterocycles. The molecule has 0 radical (unpaired) electrons. The lowest BCUT2D eigenvalue weighted by Gasteiger charge is -2.15. The molecule has 0 saturated carbocycles. The van der Waals surface area contributed by atoms with Gasteiger partial charge in [0, 0.05) is 12.6 Å². The molecule has 2 atom stereocenters. The molecule has 0 bridgehead atoms. The van der Waals surface area contributed by atoms with E-state index in [1.807, 2.05) is 6.92 Å². The van der Waals surface area contributed by atoms with Crippen LogP contribution in [-0.4, -0.2) is 29.4 Å². The van der Waals surface area contributed by atoms with Crippen molar-refractivity contribution in [2.45, 2.75) is 19.1 Å². The molecule has 0 aromatic heterocycles. The molecule has 3 N–H and O–H groups in total. The summed E-state index contributed by atoms with van der Waals surface area (Å²) in [6.07, 6.45) is -0.681. The Bertz CT molecular complexity index is 289. The first-order valence-corrected chi connectivity index (χ1v) is 4.91.